The molecule has 0 saturated heterocycles. The van der Waals surface area contributed by atoms with Crippen molar-refractivity contribution in [1.29, 1.82) is 0 Å². The van der Waals surface area contributed by atoms with E-state index in [2.05, 4.69) is 14.6 Å². The fourth-order valence-corrected chi connectivity index (χ4v) is 2.33. The summed E-state index contributed by atoms with van der Waals surface area (Å²) in [5, 5.41) is 11.2. The van der Waals surface area contributed by atoms with E-state index in [0.29, 0.717) is 6.42 Å². The standard InChI is InChI=1S/C8H19N3O4S/c1-3-7(6-8(9)10-12)11-16(13,14)5-4-15-2/h7,11-12H,3-6H2,1-2H3,(H2,9,10). The summed E-state index contributed by atoms with van der Waals surface area (Å²) in [4.78, 5) is 0. The lowest BCUT2D eigenvalue weighted by Crippen LogP contribution is -2.39. The van der Waals surface area contributed by atoms with Crippen LogP contribution < -0.4 is 10.5 Å². The first kappa shape index (κ1) is 15.1. The number of oxime groups is 1. The van der Waals surface area contributed by atoms with Crippen molar-refractivity contribution in [1.82, 2.24) is 4.72 Å². The van der Waals surface area contributed by atoms with Gasteiger partial charge in [0.15, 0.2) is 0 Å². The molecule has 96 valence electrons. The van der Waals surface area contributed by atoms with Crippen molar-refractivity contribution < 1.29 is 18.4 Å². The monoisotopic (exact) mass is 253 g/mol. The number of hydrogen-bond acceptors (Lipinski definition) is 5. The first-order valence-corrected chi connectivity index (χ1v) is 6.55. The third-order valence-corrected chi connectivity index (χ3v) is 3.38. The van der Waals surface area contributed by atoms with Crippen LogP contribution in [0.3, 0.4) is 0 Å². The first-order valence-electron chi connectivity index (χ1n) is 4.90. The minimum atomic E-state index is -3.38. The molecular weight excluding hydrogens is 234 g/mol. The van der Waals surface area contributed by atoms with Crippen LogP contribution in [-0.2, 0) is 14.8 Å². The van der Waals surface area contributed by atoms with Crippen LogP contribution in [0.4, 0.5) is 0 Å². The Morgan fingerprint density at radius 3 is 2.69 bits per heavy atom. The first-order chi connectivity index (χ1) is 7.45. The van der Waals surface area contributed by atoms with Crippen LogP contribution in [0.25, 0.3) is 0 Å². The zero-order chi connectivity index (χ0) is 12.6. The average molecular weight is 253 g/mol. The Kier molecular flexibility index (Phi) is 7.02. The Balaban J connectivity index is 4.31. The summed E-state index contributed by atoms with van der Waals surface area (Å²) in [6.45, 7) is 1.95. The van der Waals surface area contributed by atoms with Crippen molar-refractivity contribution in [2.24, 2.45) is 10.9 Å². The molecule has 0 rings (SSSR count). The van der Waals surface area contributed by atoms with Crippen LogP contribution in [0.15, 0.2) is 5.16 Å². The van der Waals surface area contributed by atoms with E-state index in [0.717, 1.165) is 0 Å². The maximum absolute atomic E-state index is 11.5. The normalized spacial score (nSPS) is 15.0. The molecule has 4 N–H and O–H groups in total. The Morgan fingerprint density at radius 1 is 1.62 bits per heavy atom. The van der Waals surface area contributed by atoms with Gasteiger partial charge in [-0.05, 0) is 6.42 Å². The highest BCUT2D eigenvalue weighted by molar-refractivity contribution is 7.89. The number of sulfonamides is 1. The lowest BCUT2D eigenvalue weighted by Gasteiger charge is -2.15. The van der Waals surface area contributed by atoms with Crippen molar-refractivity contribution in [3.05, 3.63) is 0 Å². The maximum atomic E-state index is 11.5. The van der Waals surface area contributed by atoms with E-state index in [-0.39, 0.29) is 30.7 Å². The predicted molar refractivity (Wildman–Crippen MR) is 60.9 cm³/mol. The number of methoxy groups -OCH3 is 1. The van der Waals surface area contributed by atoms with E-state index < -0.39 is 10.0 Å². The maximum Gasteiger partial charge on any atom is 0.214 e. The number of nitrogens with two attached hydrogens (primary N) is 1. The zero-order valence-corrected chi connectivity index (χ0v) is 10.3. The second kappa shape index (κ2) is 7.42. The van der Waals surface area contributed by atoms with E-state index in [9.17, 15) is 8.42 Å². The molecule has 0 aromatic rings. The number of nitrogens with zero attached hydrogens (tertiary/aromatic N) is 1. The largest absolute Gasteiger partial charge is 0.409 e. The van der Waals surface area contributed by atoms with Crippen LogP contribution in [0.5, 0.6) is 0 Å². The smallest absolute Gasteiger partial charge is 0.214 e. The Morgan fingerprint density at radius 2 is 2.25 bits per heavy atom. The van der Waals surface area contributed by atoms with Gasteiger partial charge >= 0.3 is 0 Å². The molecule has 0 aliphatic heterocycles. The van der Waals surface area contributed by atoms with Gasteiger partial charge in [-0.1, -0.05) is 12.1 Å². The van der Waals surface area contributed by atoms with Gasteiger partial charge in [0.05, 0.1) is 12.4 Å². The third kappa shape index (κ3) is 6.59. The van der Waals surface area contributed by atoms with E-state index in [1.54, 1.807) is 0 Å². The zero-order valence-electron chi connectivity index (χ0n) is 9.51. The second-order valence-corrected chi connectivity index (χ2v) is 5.20. The molecule has 0 fully saturated rings. The van der Waals surface area contributed by atoms with Gasteiger partial charge in [0.2, 0.25) is 10.0 Å². The van der Waals surface area contributed by atoms with Crippen LogP contribution in [0, 0.1) is 0 Å². The molecule has 0 aromatic carbocycles. The van der Waals surface area contributed by atoms with E-state index in [1.165, 1.54) is 7.11 Å². The Hall–Kier alpha value is -0.860. The van der Waals surface area contributed by atoms with Crippen molar-refractivity contribution in [3.8, 4) is 0 Å². The van der Waals surface area contributed by atoms with Gasteiger partial charge in [0.25, 0.3) is 0 Å². The summed E-state index contributed by atoms with van der Waals surface area (Å²) < 4.78 is 30.1. The summed E-state index contributed by atoms with van der Waals surface area (Å²) >= 11 is 0. The van der Waals surface area contributed by atoms with E-state index >= 15 is 0 Å². The molecule has 0 aliphatic carbocycles. The van der Waals surface area contributed by atoms with Gasteiger partial charge in [-0.3, -0.25) is 0 Å². The number of rotatable bonds is 8. The fourth-order valence-electron chi connectivity index (χ4n) is 1.07. The molecule has 7 nitrogen and oxygen atoms in total. The minimum Gasteiger partial charge on any atom is -0.409 e. The molecule has 0 radical (unpaired) electrons. The predicted octanol–water partition coefficient (Wildman–Crippen LogP) is -0.533. The van der Waals surface area contributed by atoms with Gasteiger partial charge in [0, 0.05) is 19.6 Å². The molecule has 1 unspecified atom stereocenters. The van der Waals surface area contributed by atoms with Gasteiger partial charge in [-0.2, -0.15) is 0 Å². The lowest BCUT2D eigenvalue weighted by molar-refractivity contribution is 0.216. The summed E-state index contributed by atoms with van der Waals surface area (Å²) in [6.07, 6.45) is 0.738. The van der Waals surface area contributed by atoms with E-state index in [1.807, 2.05) is 6.92 Å². The van der Waals surface area contributed by atoms with Gasteiger partial charge in [-0.15, -0.1) is 0 Å². The third-order valence-electron chi connectivity index (χ3n) is 1.98. The SMILES string of the molecule is CCC(CC(N)=NO)NS(=O)(=O)CCOC. The lowest BCUT2D eigenvalue weighted by atomic mass is 10.1. The Bertz CT molecular complexity index is 315. The average Bonchev–Trinajstić information content (AvgIpc) is 2.25. The molecule has 0 amide bonds. The highest BCUT2D eigenvalue weighted by Crippen LogP contribution is 2.00. The van der Waals surface area contributed by atoms with Crippen LogP contribution in [0.2, 0.25) is 0 Å². The van der Waals surface area contributed by atoms with Crippen LogP contribution >= 0.6 is 0 Å². The highest BCUT2D eigenvalue weighted by Gasteiger charge is 2.17. The van der Waals surface area contributed by atoms with Crippen molar-refractivity contribution in [2.75, 3.05) is 19.5 Å². The summed E-state index contributed by atoms with van der Waals surface area (Å²) in [7, 11) is -1.94. The molecule has 0 spiro atoms. The summed E-state index contributed by atoms with van der Waals surface area (Å²) in [5.74, 6) is -0.0998. The minimum absolute atomic E-state index is 0.00120. The topological polar surface area (TPSA) is 114 Å². The van der Waals surface area contributed by atoms with Gasteiger partial charge in [-0.25, -0.2) is 13.1 Å². The van der Waals surface area contributed by atoms with Crippen LogP contribution in [-0.4, -0.2) is 45.0 Å². The van der Waals surface area contributed by atoms with Gasteiger partial charge < -0.3 is 15.7 Å². The van der Waals surface area contributed by atoms with Crippen molar-refractivity contribution in [3.63, 3.8) is 0 Å². The van der Waals surface area contributed by atoms with Crippen LogP contribution in [0.1, 0.15) is 19.8 Å². The van der Waals surface area contributed by atoms with Gasteiger partial charge in [0.1, 0.15) is 5.84 Å². The Labute approximate surface area is 95.7 Å². The number of amidine groups is 1. The molecule has 0 aliphatic rings. The number of ether oxygens (including phenoxy) is 1. The van der Waals surface area contributed by atoms with Crippen molar-refractivity contribution in [2.45, 2.75) is 25.8 Å². The molecule has 1 atom stereocenters. The fraction of sp³-hybridized carbons (Fsp3) is 0.875. The second-order valence-electron chi connectivity index (χ2n) is 3.33. The molecule has 0 heterocycles. The highest BCUT2D eigenvalue weighted by atomic mass is 32.2. The number of nitrogens with one attached hydrogen (secondary N) is 1. The molecule has 16 heavy (non-hydrogen) atoms. The molecule has 8 heteroatoms. The molecule has 0 saturated carbocycles. The molecule has 0 aromatic heterocycles. The quantitative estimate of drug-likeness (QED) is 0.233. The summed E-state index contributed by atoms with van der Waals surface area (Å²) in [5.41, 5.74) is 5.31. The molecule has 0 bridgehead atoms. The summed E-state index contributed by atoms with van der Waals surface area (Å²) in [6, 6.07) is -0.363. The van der Waals surface area contributed by atoms with Crippen molar-refractivity contribution >= 4 is 15.9 Å². The number of hydrogen-bond donors (Lipinski definition) is 3. The van der Waals surface area contributed by atoms with E-state index in [4.69, 9.17) is 10.9 Å². The molecular formula is C8H19N3O4S.